The van der Waals surface area contributed by atoms with Gasteiger partial charge in [0, 0.05) is 5.02 Å². The van der Waals surface area contributed by atoms with Crippen LogP contribution in [0.25, 0.3) is 0 Å². The van der Waals surface area contributed by atoms with Crippen LogP contribution in [0, 0.1) is 0 Å². The number of ether oxygens (including phenoxy) is 2. The minimum Gasteiger partial charge on any atom is -0.483 e. The Hall–Kier alpha value is -1.96. The molecule has 9 heteroatoms. The number of hydrazine groups is 1. The highest BCUT2D eigenvalue weighted by Crippen LogP contribution is 2.30. The van der Waals surface area contributed by atoms with Gasteiger partial charge in [0.1, 0.15) is 11.5 Å². The van der Waals surface area contributed by atoms with Gasteiger partial charge in [-0.3, -0.25) is 20.4 Å². The zero-order valence-electron chi connectivity index (χ0n) is 16.8. The Morgan fingerprint density at radius 2 is 1.77 bits per heavy atom. The Labute approximate surface area is 194 Å². The fraction of sp³-hybridized carbons (Fsp3) is 0.333. The molecule has 0 aliphatic heterocycles. The van der Waals surface area contributed by atoms with Crippen molar-refractivity contribution in [3.63, 3.8) is 0 Å². The van der Waals surface area contributed by atoms with E-state index in [1.54, 1.807) is 12.1 Å². The zero-order chi connectivity index (χ0) is 22.3. The summed E-state index contributed by atoms with van der Waals surface area (Å²) >= 11 is 15.3. The minimum absolute atomic E-state index is 0.264. The number of carbonyl (C=O) groups is 2. The maximum Gasteiger partial charge on any atom is 0.279 e. The molecule has 0 aromatic heterocycles. The van der Waals surface area contributed by atoms with Gasteiger partial charge in [-0.2, -0.15) is 0 Å². The molecule has 2 unspecified atom stereocenters. The third kappa shape index (κ3) is 7.07. The second kappa shape index (κ2) is 11.4. The number of halogens is 3. The molecule has 6 nitrogen and oxygen atoms in total. The molecule has 2 rings (SSSR count). The molecular formula is C21H23BrCl2N2O4. The zero-order valence-corrected chi connectivity index (χ0v) is 19.9. The van der Waals surface area contributed by atoms with Gasteiger partial charge in [-0.1, -0.05) is 43.1 Å². The minimum atomic E-state index is -0.896. The second-order valence-electron chi connectivity index (χ2n) is 6.66. The molecule has 0 aliphatic rings. The van der Waals surface area contributed by atoms with Gasteiger partial charge in [0.15, 0.2) is 12.7 Å². The van der Waals surface area contributed by atoms with Crippen molar-refractivity contribution in [3.8, 4) is 11.5 Å². The molecule has 2 N–H and O–H groups in total. The van der Waals surface area contributed by atoms with Gasteiger partial charge in [-0.25, -0.2) is 0 Å². The van der Waals surface area contributed by atoms with Crippen molar-refractivity contribution in [2.75, 3.05) is 6.61 Å². The summed E-state index contributed by atoms with van der Waals surface area (Å²) in [6.07, 6.45) is 0.133. The average molecular weight is 518 g/mol. The Balaban J connectivity index is 1.80. The molecule has 0 saturated carbocycles. The summed E-state index contributed by atoms with van der Waals surface area (Å²) in [5.74, 6) is 0.217. The number of benzene rings is 2. The summed E-state index contributed by atoms with van der Waals surface area (Å²) < 4.78 is 11.8. The van der Waals surface area contributed by atoms with E-state index >= 15 is 0 Å². The van der Waals surface area contributed by atoms with Crippen molar-refractivity contribution in [3.05, 3.63) is 56.5 Å². The molecule has 2 aromatic rings. The first-order valence-corrected chi connectivity index (χ1v) is 10.9. The van der Waals surface area contributed by atoms with E-state index in [1.807, 2.05) is 18.2 Å². The van der Waals surface area contributed by atoms with E-state index in [9.17, 15) is 9.59 Å². The number of nitrogens with one attached hydrogen (secondary N) is 2. The number of amides is 2. The van der Waals surface area contributed by atoms with E-state index in [0.29, 0.717) is 22.4 Å². The third-order valence-corrected chi connectivity index (χ3v) is 5.54. The van der Waals surface area contributed by atoms with Crippen molar-refractivity contribution in [1.29, 1.82) is 0 Å². The third-order valence-electron chi connectivity index (χ3n) is 4.39. The maximum absolute atomic E-state index is 12.1. The molecule has 0 radical (unpaired) electrons. The molecule has 0 fully saturated rings. The van der Waals surface area contributed by atoms with Crippen LogP contribution in [0.5, 0.6) is 11.5 Å². The van der Waals surface area contributed by atoms with Gasteiger partial charge in [-0.15, -0.1) is 0 Å². The number of hydrogen-bond acceptors (Lipinski definition) is 4. The van der Waals surface area contributed by atoms with Crippen LogP contribution < -0.4 is 20.3 Å². The molecule has 2 aromatic carbocycles. The van der Waals surface area contributed by atoms with Crippen molar-refractivity contribution in [1.82, 2.24) is 10.9 Å². The lowest BCUT2D eigenvalue weighted by Gasteiger charge is -2.16. The maximum atomic E-state index is 12.1. The molecule has 0 spiro atoms. The fourth-order valence-electron chi connectivity index (χ4n) is 2.40. The Morgan fingerprint density at radius 1 is 1.07 bits per heavy atom. The molecule has 0 heterocycles. The Kier molecular flexibility index (Phi) is 9.27. The fourth-order valence-corrected chi connectivity index (χ4v) is 3.37. The van der Waals surface area contributed by atoms with Gasteiger partial charge in [0.25, 0.3) is 11.8 Å². The summed E-state index contributed by atoms with van der Waals surface area (Å²) in [5, 5.41) is 0.738. The van der Waals surface area contributed by atoms with Crippen LogP contribution in [0.4, 0.5) is 0 Å². The van der Waals surface area contributed by atoms with E-state index in [0.717, 1.165) is 10.9 Å². The van der Waals surface area contributed by atoms with E-state index in [-0.39, 0.29) is 11.6 Å². The number of hydrogen-bond donors (Lipinski definition) is 2. The molecule has 0 bridgehead atoms. The van der Waals surface area contributed by atoms with Crippen LogP contribution in [0.2, 0.25) is 10.0 Å². The molecule has 162 valence electrons. The monoisotopic (exact) mass is 516 g/mol. The van der Waals surface area contributed by atoms with Crippen LogP contribution in [0.1, 0.15) is 38.7 Å². The van der Waals surface area contributed by atoms with Crippen LogP contribution in [-0.2, 0) is 9.59 Å². The summed E-state index contributed by atoms with van der Waals surface area (Å²) in [5.41, 5.74) is 5.76. The van der Waals surface area contributed by atoms with Gasteiger partial charge >= 0.3 is 0 Å². The first-order valence-electron chi connectivity index (χ1n) is 9.33. The standard InChI is InChI=1S/C21H23BrCl2N2O4/c1-4-12(2)14-5-7-18(16(22)9-14)29-11-20(27)25-26-21(28)13(3)30-19-8-6-15(23)10-17(19)24/h5-10,12-13H,4,11H2,1-3H3,(H,25,27)(H,26,28). The highest BCUT2D eigenvalue weighted by molar-refractivity contribution is 9.10. The largest absolute Gasteiger partial charge is 0.483 e. The summed E-state index contributed by atoms with van der Waals surface area (Å²) in [6, 6.07) is 10.4. The lowest BCUT2D eigenvalue weighted by molar-refractivity contribution is -0.133. The quantitative estimate of drug-likeness (QED) is 0.468. The molecule has 30 heavy (non-hydrogen) atoms. The first kappa shape index (κ1) is 24.3. The van der Waals surface area contributed by atoms with Crippen molar-refractivity contribution < 1.29 is 19.1 Å². The SMILES string of the molecule is CCC(C)c1ccc(OCC(=O)NNC(=O)C(C)Oc2ccc(Cl)cc2Cl)c(Br)c1. The average Bonchev–Trinajstić information content (AvgIpc) is 2.72. The Bertz CT molecular complexity index is 911. The smallest absolute Gasteiger partial charge is 0.279 e. The van der Waals surface area contributed by atoms with E-state index in [2.05, 4.69) is 40.6 Å². The molecule has 0 aliphatic carbocycles. The molecule has 0 saturated heterocycles. The number of carbonyl (C=O) groups excluding carboxylic acids is 2. The Morgan fingerprint density at radius 3 is 2.40 bits per heavy atom. The van der Waals surface area contributed by atoms with Crippen LogP contribution in [-0.4, -0.2) is 24.5 Å². The van der Waals surface area contributed by atoms with Crippen molar-refractivity contribution >= 4 is 50.9 Å². The normalized spacial score (nSPS) is 12.6. The van der Waals surface area contributed by atoms with Crippen LogP contribution >= 0.6 is 39.1 Å². The topological polar surface area (TPSA) is 76.7 Å². The number of rotatable bonds is 8. The van der Waals surface area contributed by atoms with Gasteiger partial charge < -0.3 is 9.47 Å². The lowest BCUT2D eigenvalue weighted by atomic mass is 9.99. The summed E-state index contributed by atoms with van der Waals surface area (Å²) in [4.78, 5) is 24.1. The summed E-state index contributed by atoms with van der Waals surface area (Å²) in [6.45, 7) is 5.53. The lowest BCUT2D eigenvalue weighted by Crippen LogP contribution is -2.48. The van der Waals surface area contributed by atoms with Crippen LogP contribution in [0.15, 0.2) is 40.9 Å². The van der Waals surface area contributed by atoms with Crippen LogP contribution in [0.3, 0.4) is 0 Å². The predicted octanol–water partition coefficient (Wildman–Crippen LogP) is 5.26. The highest BCUT2D eigenvalue weighted by atomic mass is 79.9. The van der Waals surface area contributed by atoms with Gasteiger partial charge in [0.2, 0.25) is 0 Å². The first-order chi connectivity index (χ1) is 14.2. The molecule has 2 atom stereocenters. The second-order valence-corrected chi connectivity index (χ2v) is 8.36. The van der Waals surface area contributed by atoms with Gasteiger partial charge in [0.05, 0.1) is 9.50 Å². The van der Waals surface area contributed by atoms with Gasteiger partial charge in [-0.05, 0) is 71.1 Å². The van der Waals surface area contributed by atoms with E-state index < -0.39 is 17.9 Å². The summed E-state index contributed by atoms with van der Waals surface area (Å²) in [7, 11) is 0. The molecular weight excluding hydrogens is 495 g/mol. The predicted molar refractivity (Wildman–Crippen MR) is 121 cm³/mol. The van der Waals surface area contributed by atoms with Crippen molar-refractivity contribution in [2.24, 2.45) is 0 Å². The molecule has 2 amide bonds. The van der Waals surface area contributed by atoms with E-state index in [1.165, 1.54) is 18.6 Å². The van der Waals surface area contributed by atoms with E-state index in [4.69, 9.17) is 32.7 Å². The highest BCUT2D eigenvalue weighted by Gasteiger charge is 2.17. The van der Waals surface area contributed by atoms with Crippen molar-refractivity contribution in [2.45, 2.75) is 39.2 Å².